The number of benzene rings is 13. The fourth-order valence-corrected chi connectivity index (χ4v) is 15.4. The molecule has 1 aliphatic rings. The first kappa shape index (κ1) is 51.2. The van der Waals surface area contributed by atoms with E-state index < -0.39 is 0 Å². The average molecular weight is 1160 g/mol. The van der Waals surface area contributed by atoms with Gasteiger partial charge in [0, 0.05) is 76.7 Å². The second kappa shape index (κ2) is 19.6. The summed E-state index contributed by atoms with van der Waals surface area (Å²) in [6.45, 7) is 4.82. The molecule has 6 nitrogen and oxygen atoms in total. The summed E-state index contributed by atoms with van der Waals surface area (Å²) in [5.41, 5.74) is 26.1. The largest absolute Gasteiger partial charge is 0.309 e. The Morgan fingerprint density at radius 3 is 1.18 bits per heavy atom. The van der Waals surface area contributed by atoms with Gasteiger partial charge >= 0.3 is 0 Å². The molecular formula is C85H56N6. The first-order valence-electron chi connectivity index (χ1n) is 31.4. The molecular weight excluding hydrogens is 1100 g/mol. The molecule has 18 aromatic rings. The Morgan fingerprint density at radius 1 is 0.253 bits per heavy atom. The zero-order valence-corrected chi connectivity index (χ0v) is 50.1. The van der Waals surface area contributed by atoms with Gasteiger partial charge in [0.2, 0.25) is 5.95 Å². The van der Waals surface area contributed by atoms with Crippen molar-refractivity contribution in [1.82, 2.24) is 28.2 Å². The number of aromatic nitrogens is 6. The highest BCUT2D eigenvalue weighted by Crippen LogP contribution is 2.54. The van der Waals surface area contributed by atoms with Crippen molar-refractivity contribution in [3.05, 3.63) is 314 Å². The predicted octanol–water partition coefficient (Wildman–Crippen LogP) is 21.8. The van der Waals surface area contributed by atoms with E-state index in [1.807, 2.05) is 0 Å². The van der Waals surface area contributed by atoms with Crippen LogP contribution in [0.5, 0.6) is 0 Å². The standard InChI is InChI=1S/C85H56N6/c1-85(2)72-42-36-55(46-66(72)64-40-41-65-62-32-18-21-35-76(62)90(83(65)82(64)85)61-30-16-7-17-31-61)56-37-43-77-67(47-56)68-48-57(38-44-78(68)88(77)59-26-12-5-13-27-59)58-39-45-79-69(49-58)71-51-80-70(63-33-19-20-34-75(63)89(80)60-28-14-6-15-29-60)50-81(71)91(79)84-86-73(53-22-8-3-9-23-53)52-74(87-84)54-24-10-4-11-25-54/h3-52H,1-2H3. The zero-order valence-electron chi connectivity index (χ0n) is 50.1. The summed E-state index contributed by atoms with van der Waals surface area (Å²) < 4.78 is 9.63. The molecule has 0 unspecified atom stereocenters. The lowest BCUT2D eigenvalue weighted by atomic mass is 9.81. The summed E-state index contributed by atoms with van der Waals surface area (Å²) in [6.07, 6.45) is 0. The third-order valence-electron chi connectivity index (χ3n) is 19.5. The van der Waals surface area contributed by atoms with Crippen molar-refractivity contribution in [2.75, 3.05) is 0 Å². The van der Waals surface area contributed by atoms with E-state index in [1.165, 1.54) is 77.0 Å². The van der Waals surface area contributed by atoms with Crippen LogP contribution in [0.15, 0.2) is 303 Å². The average Bonchev–Trinajstić information content (AvgIpc) is 1.57. The van der Waals surface area contributed by atoms with Crippen molar-refractivity contribution in [2.45, 2.75) is 19.3 Å². The van der Waals surface area contributed by atoms with Crippen molar-refractivity contribution in [2.24, 2.45) is 0 Å². The van der Waals surface area contributed by atoms with Gasteiger partial charge in [-0.1, -0.05) is 208 Å². The van der Waals surface area contributed by atoms with Gasteiger partial charge in [0.05, 0.1) is 55.5 Å². The van der Waals surface area contributed by atoms with Crippen molar-refractivity contribution >= 4 is 87.2 Å². The Kier molecular flexibility index (Phi) is 11.0. The van der Waals surface area contributed by atoms with E-state index in [-0.39, 0.29) is 5.41 Å². The van der Waals surface area contributed by atoms with Gasteiger partial charge in [-0.15, -0.1) is 0 Å². The molecule has 426 valence electrons. The molecule has 1 aliphatic carbocycles. The SMILES string of the molecule is CC1(C)c2ccc(-c3ccc4c(c3)c3cc(-c5ccc6c(c5)c5cc7c(cc5n6-c5nc(-c6ccccc6)cc(-c6ccccc6)n5)c5ccccc5n7-c5ccccc5)ccc3n4-c3ccccc3)cc2-c2ccc3c4ccccc4n(-c4ccccc4)c3c21. The number of hydrogen-bond acceptors (Lipinski definition) is 2. The number of para-hydroxylation sites is 5. The third kappa shape index (κ3) is 7.66. The van der Waals surface area contributed by atoms with Crippen LogP contribution in [0.1, 0.15) is 25.0 Å². The summed E-state index contributed by atoms with van der Waals surface area (Å²) in [5, 5.41) is 9.54. The second-order valence-electron chi connectivity index (χ2n) is 24.9. The van der Waals surface area contributed by atoms with Crippen LogP contribution in [0.2, 0.25) is 0 Å². The van der Waals surface area contributed by atoms with Crippen LogP contribution in [0.4, 0.5) is 0 Å². The zero-order chi connectivity index (χ0) is 60.1. The lowest BCUT2D eigenvalue weighted by molar-refractivity contribution is 0.664. The van der Waals surface area contributed by atoms with Gasteiger partial charge in [-0.2, -0.15) is 0 Å². The Bertz CT molecular complexity index is 5950. The fourth-order valence-electron chi connectivity index (χ4n) is 15.4. The summed E-state index contributed by atoms with van der Waals surface area (Å²) in [7, 11) is 0. The van der Waals surface area contributed by atoms with E-state index in [1.54, 1.807) is 0 Å². The van der Waals surface area contributed by atoms with Crippen LogP contribution in [0.3, 0.4) is 0 Å². The molecule has 0 saturated carbocycles. The van der Waals surface area contributed by atoms with Crippen LogP contribution in [0, 0.1) is 0 Å². The van der Waals surface area contributed by atoms with E-state index in [0.29, 0.717) is 5.95 Å². The van der Waals surface area contributed by atoms with E-state index in [2.05, 4.69) is 335 Å². The Hall–Kier alpha value is -11.9. The number of fused-ring (bicyclic) bond motifs is 16. The first-order valence-corrected chi connectivity index (χ1v) is 31.4. The van der Waals surface area contributed by atoms with Crippen LogP contribution in [0.25, 0.3) is 166 Å². The molecule has 19 rings (SSSR count). The highest BCUT2D eigenvalue weighted by molar-refractivity contribution is 6.20. The van der Waals surface area contributed by atoms with Crippen molar-refractivity contribution < 1.29 is 0 Å². The molecule has 13 aromatic carbocycles. The minimum absolute atomic E-state index is 0.244. The molecule has 91 heavy (non-hydrogen) atoms. The van der Waals surface area contributed by atoms with Gasteiger partial charge < -0.3 is 13.7 Å². The summed E-state index contributed by atoms with van der Waals surface area (Å²) in [6, 6.07) is 111. The van der Waals surface area contributed by atoms with Crippen molar-refractivity contribution in [3.8, 4) is 78.9 Å². The maximum Gasteiger partial charge on any atom is 0.235 e. The Labute approximate surface area is 525 Å². The molecule has 0 aliphatic heterocycles. The minimum atomic E-state index is -0.244. The number of nitrogens with zero attached hydrogens (tertiary/aromatic N) is 6. The molecule has 0 spiro atoms. The summed E-state index contributed by atoms with van der Waals surface area (Å²) in [5.74, 6) is 0.616. The summed E-state index contributed by atoms with van der Waals surface area (Å²) >= 11 is 0. The Balaban J connectivity index is 0.810. The van der Waals surface area contributed by atoms with Crippen LogP contribution in [-0.2, 0) is 5.41 Å². The van der Waals surface area contributed by atoms with Crippen LogP contribution < -0.4 is 0 Å². The molecule has 5 heterocycles. The molecule has 0 amide bonds. The second-order valence-corrected chi connectivity index (χ2v) is 24.9. The molecule has 0 fully saturated rings. The van der Waals surface area contributed by atoms with Crippen molar-refractivity contribution in [3.63, 3.8) is 0 Å². The third-order valence-corrected chi connectivity index (χ3v) is 19.5. The normalized spacial score (nSPS) is 12.8. The lowest BCUT2D eigenvalue weighted by Crippen LogP contribution is -2.16. The van der Waals surface area contributed by atoms with E-state index in [4.69, 9.17) is 9.97 Å². The van der Waals surface area contributed by atoms with Crippen LogP contribution in [-0.4, -0.2) is 28.2 Å². The lowest BCUT2D eigenvalue weighted by Gasteiger charge is -2.24. The minimum Gasteiger partial charge on any atom is -0.309 e. The van der Waals surface area contributed by atoms with Gasteiger partial charge in [-0.25, -0.2) is 9.97 Å². The predicted molar refractivity (Wildman–Crippen MR) is 379 cm³/mol. The maximum absolute atomic E-state index is 5.48. The molecule has 0 bridgehead atoms. The molecule has 0 atom stereocenters. The number of hydrogen-bond donors (Lipinski definition) is 0. The van der Waals surface area contributed by atoms with Gasteiger partial charge in [0.1, 0.15) is 0 Å². The quantitative estimate of drug-likeness (QED) is 0.152. The van der Waals surface area contributed by atoms with Gasteiger partial charge in [-0.05, 0) is 154 Å². The number of rotatable bonds is 8. The monoisotopic (exact) mass is 1160 g/mol. The van der Waals surface area contributed by atoms with E-state index in [9.17, 15) is 0 Å². The van der Waals surface area contributed by atoms with Crippen molar-refractivity contribution in [1.29, 1.82) is 0 Å². The smallest absolute Gasteiger partial charge is 0.235 e. The van der Waals surface area contributed by atoms with Gasteiger partial charge in [0.15, 0.2) is 0 Å². The van der Waals surface area contributed by atoms with E-state index >= 15 is 0 Å². The highest BCUT2D eigenvalue weighted by atomic mass is 15.2. The molecule has 5 aromatic heterocycles. The molecule has 0 saturated heterocycles. The van der Waals surface area contributed by atoms with E-state index in [0.717, 1.165) is 94.3 Å². The molecule has 6 heteroatoms. The van der Waals surface area contributed by atoms with Gasteiger partial charge in [-0.3, -0.25) is 4.57 Å². The van der Waals surface area contributed by atoms with Crippen LogP contribution >= 0.6 is 0 Å². The molecule has 0 N–H and O–H groups in total. The Morgan fingerprint density at radius 2 is 0.637 bits per heavy atom. The topological polar surface area (TPSA) is 45.5 Å². The van der Waals surface area contributed by atoms with Gasteiger partial charge in [0.25, 0.3) is 0 Å². The highest BCUT2D eigenvalue weighted by Gasteiger charge is 2.39. The first-order chi connectivity index (χ1) is 44.9. The maximum atomic E-state index is 5.48. The fraction of sp³-hybridized carbons (Fsp3) is 0.0353. The molecule has 0 radical (unpaired) electrons. The summed E-state index contributed by atoms with van der Waals surface area (Å²) in [4.78, 5) is 11.0.